The predicted molar refractivity (Wildman–Crippen MR) is 135 cm³/mol. The minimum atomic E-state index is -4.45. The first-order chi connectivity index (χ1) is 18.3. The largest absolute Gasteiger partial charge is 0.454 e. The number of ether oxygens (including phenoxy) is 2. The summed E-state index contributed by atoms with van der Waals surface area (Å²) < 4.78 is 50.3. The molecule has 0 fully saturated rings. The summed E-state index contributed by atoms with van der Waals surface area (Å²) in [4.78, 5) is 16.6. The molecule has 1 amide bonds. The van der Waals surface area contributed by atoms with Crippen LogP contribution < -0.4 is 14.8 Å². The molecule has 1 atom stereocenters. The van der Waals surface area contributed by atoms with Crippen LogP contribution in [0, 0.1) is 0 Å². The van der Waals surface area contributed by atoms with Crippen LogP contribution in [0.1, 0.15) is 36.1 Å². The smallest absolute Gasteiger partial charge is 0.416 e. The van der Waals surface area contributed by atoms with Gasteiger partial charge in [-0.05, 0) is 54.1 Å². The highest BCUT2D eigenvalue weighted by Crippen LogP contribution is 2.38. The van der Waals surface area contributed by atoms with Gasteiger partial charge >= 0.3 is 6.18 Å². The van der Waals surface area contributed by atoms with Crippen LogP contribution in [-0.4, -0.2) is 28.4 Å². The van der Waals surface area contributed by atoms with E-state index in [4.69, 9.17) is 9.47 Å². The first-order valence-corrected chi connectivity index (χ1v) is 11.9. The number of rotatable bonds is 4. The number of hydrazone groups is 1. The van der Waals surface area contributed by atoms with Crippen LogP contribution in [0.3, 0.4) is 0 Å². The number of alkyl halides is 3. The number of pyridine rings is 1. The minimum absolute atomic E-state index is 0.170. The van der Waals surface area contributed by atoms with Gasteiger partial charge in [0.15, 0.2) is 11.5 Å². The summed E-state index contributed by atoms with van der Waals surface area (Å²) in [7, 11) is 0. The van der Waals surface area contributed by atoms with E-state index >= 15 is 0 Å². The van der Waals surface area contributed by atoms with Crippen LogP contribution in [0.2, 0.25) is 0 Å². The molecule has 0 aliphatic carbocycles. The zero-order valence-electron chi connectivity index (χ0n) is 20.1. The molecule has 4 aromatic rings. The Labute approximate surface area is 215 Å². The van der Waals surface area contributed by atoms with Gasteiger partial charge in [0.05, 0.1) is 22.8 Å². The van der Waals surface area contributed by atoms with E-state index in [9.17, 15) is 18.0 Å². The van der Waals surface area contributed by atoms with Crippen LogP contribution in [0.25, 0.3) is 10.9 Å². The van der Waals surface area contributed by atoms with Gasteiger partial charge in [0.25, 0.3) is 0 Å². The highest BCUT2D eigenvalue weighted by molar-refractivity contribution is 6.03. The number of aromatic nitrogens is 1. The SMILES string of the molecule is CC(=O)N1N=C(c2ccc3c(c2)OCO3)CC1c1cccc(Nc2ccnc3cc(C(F)(F)F)ccc23)c1. The van der Waals surface area contributed by atoms with Crippen molar-refractivity contribution in [2.75, 3.05) is 12.1 Å². The Morgan fingerprint density at radius 3 is 2.68 bits per heavy atom. The number of benzene rings is 3. The maximum atomic E-state index is 13.1. The molecule has 7 nitrogen and oxygen atoms in total. The van der Waals surface area contributed by atoms with Gasteiger partial charge < -0.3 is 14.8 Å². The molecule has 0 spiro atoms. The van der Waals surface area contributed by atoms with Gasteiger partial charge in [0.1, 0.15) is 0 Å². The van der Waals surface area contributed by atoms with Gasteiger partial charge in [0, 0.05) is 41.9 Å². The molecule has 0 bridgehead atoms. The van der Waals surface area contributed by atoms with Crippen LogP contribution in [0.4, 0.5) is 24.5 Å². The van der Waals surface area contributed by atoms with Crippen molar-refractivity contribution in [3.05, 3.63) is 89.6 Å². The Morgan fingerprint density at radius 1 is 1.03 bits per heavy atom. The second-order valence-electron chi connectivity index (χ2n) is 9.04. The molecule has 3 aromatic carbocycles. The van der Waals surface area contributed by atoms with E-state index in [1.165, 1.54) is 24.2 Å². The molecule has 0 saturated carbocycles. The van der Waals surface area contributed by atoms with E-state index in [1.807, 2.05) is 42.5 Å². The lowest BCUT2D eigenvalue weighted by Crippen LogP contribution is -2.24. The number of carbonyl (C=O) groups is 1. The Hall–Kier alpha value is -4.60. The van der Waals surface area contributed by atoms with Crippen molar-refractivity contribution < 1.29 is 27.4 Å². The summed E-state index contributed by atoms with van der Waals surface area (Å²) in [5, 5.41) is 9.93. The number of halogens is 3. The molecule has 1 unspecified atom stereocenters. The fraction of sp³-hybridized carbons (Fsp3) is 0.179. The van der Waals surface area contributed by atoms with Gasteiger partial charge in [-0.2, -0.15) is 18.3 Å². The van der Waals surface area contributed by atoms with Crippen molar-refractivity contribution in [2.24, 2.45) is 5.10 Å². The molecule has 192 valence electrons. The zero-order valence-corrected chi connectivity index (χ0v) is 20.1. The van der Waals surface area contributed by atoms with Gasteiger partial charge in [-0.25, -0.2) is 5.01 Å². The number of hydrogen-bond acceptors (Lipinski definition) is 6. The van der Waals surface area contributed by atoms with Crippen molar-refractivity contribution >= 4 is 33.9 Å². The first-order valence-electron chi connectivity index (χ1n) is 11.9. The summed E-state index contributed by atoms with van der Waals surface area (Å²) >= 11 is 0. The van der Waals surface area contributed by atoms with E-state index < -0.39 is 11.7 Å². The van der Waals surface area contributed by atoms with E-state index in [-0.39, 0.29) is 24.3 Å². The Kier molecular flexibility index (Phi) is 5.67. The molecule has 2 aliphatic heterocycles. The van der Waals surface area contributed by atoms with Crippen molar-refractivity contribution in [1.29, 1.82) is 0 Å². The summed E-state index contributed by atoms with van der Waals surface area (Å²) in [6.07, 6.45) is -2.48. The molecule has 3 heterocycles. The van der Waals surface area contributed by atoms with Crippen molar-refractivity contribution in [3.8, 4) is 11.5 Å². The van der Waals surface area contributed by atoms with E-state index in [2.05, 4.69) is 15.4 Å². The second-order valence-corrected chi connectivity index (χ2v) is 9.04. The average molecular weight is 518 g/mol. The van der Waals surface area contributed by atoms with Crippen LogP contribution in [0.5, 0.6) is 11.5 Å². The van der Waals surface area contributed by atoms with Gasteiger partial charge in [-0.3, -0.25) is 9.78 Å². The van der Waals surface area contributed by atoms with E-state index in [1.54, 1.807) is 6.07 Å². The van der Waals surface area contributed by atoms with E-state index in [0.717, 1.165) is 34.7 Å². The number of carbonyl (C=O) groups excluding carboxylic acids is 1. The fourth-order valence-corrected chi connectivity index (χ4v) is 4.72. The maximum Gasteiger partial charge on any atom is 0.416 e. The van der Waals surface area contributed by atoms with Gasteiger partial charge in [-0.15, -0.1) is 0 Å². The van der Waals surface area contributed by atoms with Gasteiger partial charge in [-0.1, -0.05) is 18.2 Å². The third-order valence-corrected chi connectivity index (χ3v) is 6.56. The summed E-state index contributed by atoms with van der Waals surface area (Å²) in [6, 6.07) is 18.0. The average Bonchev–Trinajstić information content (AvgIpc) is 3.55. The standard InChI is InChI=1S/C28H21F3N4O3/c1-16(36)35-25(14-23(34-35)17-5-8-26-27(12-17)38-15-37-26)18-3-2-4-20(11-18)33-22-9-10-32-24-13-19(28(29,30)31)6-7-21(22)24/h2-13,25H,14-15H2,1H3,(H,32,33). The van der Waals surface area contributed by atoms with Crippen molar-refractivity contribution in [1.82, 2.24) is 9.99 Å². The predicted octanol–water partition coefficient (Wildman–Crippen LogP) is 6.42. The lowest BCUT2D eigenvalue weighted by molar-refractivity contribution is -0.137. The number of hydrogen-bond donors (Lipinski definition) is 1. The molecule has 1 aromatic heterocycles. The third kappa shape index (κ3) is 4.38. The maximum absolute atomic E-state index is 13.1. The third-order valence-electron chi connectivity index (χ3n) is 6.56. The summed E-state index contributed by atoms with van der Waals surface area (Å²) in [5.74, 6) is 1.12. The number of anilines is 2. The molecular formula is C28H21F3N4O3. The normalized spacial score (nSPS) is 16.6. The lowest BCUT2D eigenvalue weighted by Gasteiger charge is -2.21. The zero-order chi connectivity index (χ0) is 26.4. The highest BCUT2D eigenvalue weighted by atomic mass is 19.4. The van der Waals surface area contributed by atoms with Crippen LogP contribution in [0.15, 0.2) is 78.0 Å². The minimum Gasteiger partial charge on any atom is -0.454 e. The first kappa shape index (κ1) is 23.8. The number of fused-ring (bicyclic) bond motifs is 2. The Balaban J connectivity index is 1.28. The Morgan fingerprint density at radius 2 is 1.87 bits per heavy atom. The summed E-state index contributed by atoms with van der Waals surface area (Å²) in [5.41, 5.74) is 3.29. The number of amides is 1. The van der Waals surface area contributed by atoms with Crippen molar-refractivity contribution in [3.63, 3.8) is 0 Å². The second kappa shape index (κ2) is 9.05. The molecule has 6 rings (SSSR count). The molecule has 38 heavy (non-hydrogen) atoms. The van der Waals surface area contributed by atoms with Crippen molar-refractivity contribution in [2.45, 2.75) is 25.6 Å². The molecule has 1 N–H and O–H groups in total. The quantitative estimate of drug-likeness (QED) is 0.337. The fourth-order valence-electron chi connectivity index (χ4n) is 4.72. The lowest BCUT2D eigenvalue weighted by atomic mass is 9.97. The molecule has 0 radical (unpaired) electrons. The molecule has 2 aliphatic rings. The Bertz CT molecular complexity index is 1600. The topological polar surface area (TPSA) is 76.1 Å². The molecular weight excluding hydrogens is 497 g/mol. The number of nitrogens with zero attached hydrogens (tertiary/aromatic N) is 3. The molecule has 10 heteroatoms. The summed E-state index contributed by atoms with van der Waals surface area (Å²) in [6.45, 7) is 1.64. The van der Waals surface area contributed by atoms with Crippen LogP contribution in [-0.2, 0) is 11.0 Å². The number of nitrogens with one attached hydrogen (secondary N) is 1. The van der Waals surface area contributed by atoms with Gasteiger partial charge in [0.2, 0.25) is 12.7 Å². The van der Waals surface area contributed by atoms with E-state index in [0.29, 0.717) is 29.0 Å². The molecule has 0 saturated heterocycles. The highest BCUT2D eigenvalue weighted by Gasteiger charge is 2.33. The van der Waals surface area contributed by atoms with Crippen LogP contribution >= 0.6 is 0 Å². The monoisotopic (exact) mass is 518 g/mol.